The van der Waals surface area contributed by atoms with Crippen molar-refractivity contribution in [2.24, 2.45) is 0 Å². The highest BCUT2D eigenvalue weighted by Crippen LogP contribution is 2.40. The molecule has 0 aliphatic heterocycles. The molecule has 0 aliphatic rings. The molecule has 1 aromatic rings. The topological polar surface area (TPSA) is 9.23 Å². The van der Waals surface area contributed by atoms with Gasteiger partial charge in [0, 0.05) is 5.56 Å². The van der Waals surface area contributed by atoms with Crippen LogP contribution in [0.1, 0.15) is 47.1 Å². The maximum Gasteiger partial charge on any atom is 0.147 e. The molecule has 24 heavy (non-hydrogen) atoms. The first-order chi connectivity index (χ1) is 11.3. The van der Waals surface area contributed by atoms with Gasteiger partial charge in [0.15, 0.2) is 0 Å². The zero-order valence-corrected chi connectivity index (χ0v) is 16.9. The van der Waals surface area contributed by atoms with E-state index in [2.05, 4.69) is 76.7 Å². The SMILES string of the molecule is COc1ccc(C#CC#CC#C[Si](C(C)C)(C(C)C)C(C)C)cc1. The summed E-state index contributed by atoms with van der Waals surface area (Å²) in [6.45, 7) is 13.8. The van der Waals surface area contributed by atoms with Gasteiger partial charge in [0.1, 0.15) is 13.8 Å². The number of ether oxygens (including phenoxy) is 1. The van der Waals surface area contributed by atoms with Crippen molar-refractivity contribution in [3.63, 3.8) is 0 Å². The van der Waals surface area contributed by atoms with E-state index in [1.165, 1.54) is 0 Å². The molecule has 126 valence electrons. The van der Waals surface area contributed by atoms with Crippen LogP contribution in [0.15, 0.2) is 24.3 Å². The van der Waals surface area contributed by atoms with Gasteiger partial charge < -0.3 is 4.74 Å². The van der Waals surface area contributed by atoms with Crippen LogP contribution in [0.2, 0.25) is 16.6 Å². The standard InChI is InChI=1S/C22H28OSi/c1-18(2)24(19(3)4,20(5)6)17-11-9-8-10-12-21-13-15-22(23-7)16-14-21/h13-16,18-20H,1-7H3. The Labute approximate surface area is 149 Å². The summed E-state index contributed by atoms with van der Waals surface area (Å²) < 4.78 is 5.13. The molecule has 2 heteroatoms. The molecule has 1 aromatic carbocycles. The summed E-state index contributed by atoms with van der Waals surface area (Å²) in [6, 6.07) is 7.64. The van der Waals surface area contributed by atoms with Crippen molar-refractivity contribution in [2.45, 2.75) is 58.2 Å². The highest BCUT2D eigenvalue weighted by Gasteiger charge is 2.41. The minimum absolute atomic E-state index is 0.622. The molecule has 0 saturated heterocycles. The first kappa shape index (κ1) is 20.0. The van der Waals surface area contributed by atoms with Gasteiger partial charge in [-0.15, -0.1) is 5.54 Å². The molecule has 0 atom stereocenters. The molecule has 0 bridgehead atoms. The van der Waals surface area contributed by atoms with Gasteiger partial charge in [-0.2, -0.15) is 0 Å². The van der Waals surface area contributed by atoms with Crippen molar-refractivity contribution >= 4 is 8.07 Å². The lowest BCUT2D eigenvalue weighted by Gasteiger charge is -2.37. The third-order valence-corrected chi connectivity index (χ3v) is 10.9. The molecule has 0 saturated carbocycles. The Morgan fingerprint density at radius 1 is 0.750 bits per heavy atom. The summed E-state index contributed by atoms with van der Waals surface area (Å²) in [5.41, 5.74) is 6.37. The number of hydrogen-bond donors (Lipinski definition) is 0. The van der Waals surface area contributed by atoms with E-state index in [9.17, 15) is 0 Å². The van der Waals surface area contributed by atoms with E-state index in [0.717, 1.165) is 11.3 Å². The second-order valence-corrected chi connectivity index (χ2v) is 12.5. The van der Waals surface area contributed by atoms with Crippen LogP contribution in [0.4, 0.5) is 0 Å². The van der Waals surface area contributed by atoms with Crippen molar-refractivity contribution in [3.8, 4) is 40.9 Å². The zero-order valence-electron chi connectivity index (χ0n) is 15.9. The minimum Gasteiger partial charge on any atom is -0.497 e. The van der Waals surface area contributed by atoms with E-state index in [0.29, 0.717) is 16.6 Å². The molecule has 0 aliphatic carbocycles. The van der Waals surface area contributed by atoms with E-state index < -0.39 is 8.07 Å². The van der Waals surface area contributed by atoms with E-state index in [4.69, 9.17) is 4.74 Å². The molecule has 1 nitrogen and oxygen atoms in total. The van der Waals surface area contributed by atoms with Gasteiger partial charge in [-0.3, -0.25) is 0 Å². The molecule has 0 unspecified atom stereocenters. The quantitative estimate of drug-likeness (QED) is 0.537. The average molecular weight is 337 g/mol. The average Bonchev–Trinajstić information content (AvgIpc) is 2.53. The first-order valence-corrected chi connectivity index (χ1v) is 10.7. The Morgan fingerprint density at radius 3 is 1.71 bits per heavy atom. The molecule has 0 aromatic heterocycles. The van der Waals surface area contributed by atoms with E-state index in [1.807, 2.05) is 24.3 Å². The Kier molecular flexibility index (Phi) is 7.71. The van der Waals surface area contributed by atoms with Gasteiger partial charge in [-0.25, -0.2) is 0 Å². The molecule has 0 N–H and O–H groups in total. The zero-order chi connectivity index (χ0) is 18.2. The van der Waals surface area contributed by atoms with Crippen molar-refractivity contribution < 1.29 is 4.74 Å². The monoisotopic (exact) mass is 336 g/mol. The Bertz CT molecular complexity index is 685. The van der Waals surface area contributed by atoms with Crippen LogP contribution >= 0.6 is 0 Å². The third kappa shape index (κ3) is 4.96. The number of benzene rings is 1. The fourth-order valence-electron chi connectivity index (χ4n) is 3.41. The second kappa shape index (κ2) is 9.27. The van der Waals surface area contributed by atoms with Crippen LogP contribution in [0.5, 0.6) is 5.75 Å². The minimum atomic E-state index is -1.69. The summed E-state index contributed by atoms with van der Waals surface area (Å²) in [4.78, 5) is 0. The molecule has 0 heterocycles. The molecule has 0 amide bonds. The predicted molar refractivity (Wildman–Crippen MR) is 106 cm³/mol. The lowest BCUT2D eigenvalue weighted by molar-refractivity contribution is 0.415. The van der Waals surface area contributed by atoms with Crippen molar-refractivity contribution in [1.29, 1.82) is 0 Å². The summed E-state index contributed by atoms with van der Waals surface area (Å²) >= 11 is 0. The molecule has 0 radical (unpaired) electrons. The number of methoxy groups -OCH3 is 1. The summed E-state index contributed by atoms with van der Waals surface area (Å²) in [6.07, 6.45) is 0. The largest absolute Gasteiger partial charge is 0.497 e. The van der Waals surface area contributed by atoms with Gasteiger partial charge in [0.25, 0.3) is 0 Å². The van der Waals surface area contributed by atoms with Crippen LogP contribution in [0.25, 0.3) is 0 Å². The molecule has 0 fully saturated rings. The lowest BCUT2D eigenvalue weighted by Crippen LogP contribution is -2.43. The van der Waals surface area contributed by atoms with Crippen LogP contribution in [0.3, 0.4) is 0 Å². The fraction of sp³-hybridized carbons (Fsp3) is 0.455. The van der Waals surface area contributed by atoms with Crippen molar-refractivity contribution in [1.82, 2.24) is 0 Å². The third-order valence-electron chi connectivity index (χ3n) is 4.63. The molecular weight excluding hydrogens is 308 g/mol. The smallest absolute Gasteiger partial charge is 0.147 e. The Hall–Kier alpha value is -2.08. The number of hydrogen-bond acceptors (Lipinski definition) is 1. The normalized spacial score (nSPS) is 10.4. The van der Waals surface area contributed by atoms with Crippen molar-refractivity contribution in [3.05, 3.63) is 29.8 Å². The first-order valence-electron chi connectivity index (χ1n) is 8.51. The summed E-state index contributed by atoms with van der Waals surface area (Å²) in [7, 11) is -0.0355. The Balaban J connectivity index is 2.92. The van der Waals surface area contributed by atoms with Crippen LogP contribution in [-0.4, -0.2) is 15.2 Å². The molecule has 0 spiro atoms. The number of rotatable bonds is 4. The van der Waals surface area contributed by atoms with Crippen LogP contribution < -0.4 is 4.74 Å². The van der Waals surface area contributed by atoms with E-state index >= 15 is 0 Å². The maximum absolute atomic E-state index is 5.13. The van der Waals surface area contributed by atoms with E-state index in [-0.39, 0.29) is 0 Å². The van der Waals surface area contributed by atoms with Crippen LogP contribution in [-0.2, 0) is 0 Å². The van der Waals surface area contributed by atoms with Crippen LogP contribution in [0, 0.1) is 35.1 Å². The summed E-state index contributed by atoms with van der Waals surface area (Å²) in [5.74, 6) is 15.6. The fourth-order valence-corrected chi connectivity index (χ4v) is 8.56. The van der Waals surface area contributed by atoms with Gasteiger partial charge >= 0.3 is 0 Å². The van der Waals surface area contributed by atoms with Gasteiger partial charge in [-0.1, -0.05) is 47.5 Å². The Morgan fingerprint density at radius 2 is 1.25 bits per heavy atom. The summed E-state index contributed by atoms with van der Waals surface area (Å²) in [5, 5.41) is 0. The second-order valence-electron chi connectivity index (χ2n) is 6.88. The maximum atomic E-state index is 5.13. The highest BCUT2D eigenvalue weighted by atomic mass is 28.3. The lowest BCUT2D eigenvalue weighted by atomic mass is 10.2. The van der Waals surface area contributed by atoms with E-state index in [1.54, 1.807) is 7.11 Å². The predicted octanol–water partition coefficient (Wildman–Crippen LogP) is 5.27. The molecular formula is C22H28OSi. The highest BCUT2D eigenvalue weighted by molar-refractivity contribution is 6.90. The van der Waals surface area contributed by atoms with Gasteiger partial charge in [-0.05, 0) is 64.6 Å². The van der Waals surface area contributed by atoms with Gasteiger partial charge in [0.2, 0.25) is 0 Å². The van der Waals surface area contributed by atoms with Gasteiger partial charge in [0.05, 0.1) is 7.11 Å². The molecule has 1 rings (SSSR count). The van der Waals surface area contributed by atoms with Crippen molar-refractivity contribution in [2.75, 3.05) is 7.11 Å².